The third-order valence-electron chi connectivity index (χ3n) is 2.75. The van der Waals surface area contributed by atoms with Gasteiger partial charge in [-0.3, -0.25) is 0 Å². The van der Waals surface area contributed by atoms with Gasteiger partial charge >= 0.3 is 0 Å². The van der Waals surface area contributed by atoms with E-state index in [1.807, 2.05) is 0 Å². The van der Waals surface area contributed by atoms with Crippen LogP contribution in [0.2, 0.25) is 0 Å². The fourth-order valence-corrected chi connectivity index (χ4v) is 2.15. The molecule has 0 heterocycles. The molecule has 1 saturated carbocycles. The van der Waals surface area contributed by atoms with Crippen molar-refractivity contribution in [1.29, 1.82) is 0 Å². The minimum Gasteiger partial charge on any atom is -0.316 e. The normalized spacial score (nSPS) is 22.2. The number of hydrogen-bond donors (Lipinski definition) is 3. The maximum Gasteiger partial charge on any atom is 0.0535 e. The monoisotopic (exact) mass is 185 g/mol. The summed E-state index contributed by atoms with van der Waals surface area (Å²) in [6, 6.07) is 1.17. The first kappa shape index (κ1) is 11.0. The molecule has 0 saturated heterocycles. The second-order valence-corrected chi connectivity index (χ2v) is 4.30. The van der Waals surface area contributed by atoms with Crippen LogP contribution in [0.25, 0.3) is 0 Å². The van der Waals surface area contributed by atoms with E-state index in [9.17, 15) is 0 Å². The van der Waals surface area contributed by atoms with E-state index < -0.39 is 0 Å². The molecule has 3 heteroatoms. The van der Waals surface area contributed by atoms with E-state index in [4.69, 9.17) is 11.5 Å². The van der Waals surface area contributed by atoms with Crippen LogP contribution in [0.4, 0.5) is 0 Å². The highest BCUT2D eigenvalue weighted by molar-refractivity contribution is 4.76. The van der Waals surface area contributed by atoms with Gasteiger partial charge in [-0.25, -0.2) is 0 Å². The summed E-state index contributed by atoms with van der Waals surface area (Å²) in [5.74, 6) is 0. The van der Waals surface area contributed by atoms with Gasteiger partial charge in [0.05, 0.1) is 6.17 Å². The molecule has 0 aromatic rings. The van der Waals surface area contributed by atoms with Gasteiger partial charge in [0.25, 0.3) is 0 Å². The Hall–Kier alpha value is -0.120. The number of rotatable bonds is 4. The van der Waals surface area contributed by atoms with Gasteiger partial charge in [-0.2, -0.15) is 0 Å². The average molecular weight is 185 g/mol. The van der Waals surface area contributed by atoms with Crippen LogP contribution in [0, 0.1) is 0 Å². The van der Waals surface area contributed by atoms with Crippen molar-refractivity contribution in [2.24, 2.45) is 11.5 Å². The first-order valence-corrected chi connectivity index (χ1v) is 5.45. The zero-order chi connectivity index (χ0) is 9.68. The lowest BCUT2D eigenvalue weighted by Crippen LogP contribution is -2.43. The third kappa shape index (κ3) is 4.60. The third-order valence-corrected chi connectivity index (χ3v) is 2.75. The molecule has 0 aromatic heterocycles. The molecule has 1 rings (SSSR count). The van der Waals surface area contributed by atoms with Crippen LogP contribution in [0.5, 0.6) is 0 Å². The van der Waals surface area contributed by atoms with Crippen LogP contribution >= 0.6 is 0 Å². The Labute approximate surface area is 81.2 Å². The molecule has 0 bridgehead atoms. The van der Waals surface area contributed by atoms with E-state index >= 15 is 0 Å². The molecule has 0 aromatic carbocycles. The Kier molecular flexibility index (Phi) is 4.70. The smallest absolute Gasteiger partial charge is 0.0535 e. The molecule has 3 nitrogen and oxygen atoms in total. The van der Waals surface area contributed by atoms with Crippen molar-refractivity contribution in [3.8, 4) is 0 Å². The summed E-state index contributed by atoms with van der Waals surface area (Å²) in [5, 5.41) is 3.59. The quantitative estimate of drug-likeness (QED) is 0.571. The van der Waals surface area contributed by atoms with Crippen molar-refractivity contribution in [2.75, 3.05) is 0 Å². The summed E-state index contributed by atoms with van der Waals surface area (Å²) < 4.78 is 0. The van der Waals surface area contributed by atoms with Crippen molar-refractivity contribution in [1.82, 2.24) is 5.32 Å². The average Bonchev–Trinajstić information content (AvgIpc) is 2.04. The molecule has 1 unspecified atom stereocenters. The van der Waals surface area contributed by atoms with Crippen molar-refractivity contribution >= 4 is 0 Å². The molecule has 0 radical (unpaired) electrons. The highest BCUT2D eigenvalue weighted by Crippen LogP contribution is 2.18. The van der Waals surface area contributed by atoms with Gasteiger partial charge in [-0.05, 0) is 26.2 Å². The van der Waals surface area contributed by atoms with Crippen LogP contribution in [0.1, 0.15) is 45.4 Å². The van der Waals surface area contributed by atoms with Crippen molar-refractivity contribution < 1.29 is 0 Å². The van der Waals surface area contributed by atoms with Crippen molar-refractivity contribution in [3.05, 3.63) is 0 Å². The molecule has 5 N–H and O–H groups in total. The number of nitrogens with two attached hydrogens (primary N) is 2. The van der Waals surface area contributed by atoms with Gasteiger partial charge in [0.1, 0.15) is 0 Å². The fraction of sp³-hybridized carbons (Fsp3) is 1.00. The minimum atomic E-state index is -0.175. The predicted molar refractivity (Wildman–Crippen MR) is 56.3 cm³/mol. The van der Waals surface area contributed by atoms with Crippen LogP contribution in [-0.4, -0.2) is 18.2 Å². The largest absolute Gasteiger partial charge is 0.316 e. The van der Waals surface area contributed by atoms with Crippen LogP contribution in [0.3, 0.4) is 0 Å². The SMILES string of the molecule is CC(CC(N)N)NC1CCCCC1. The van der Waals surface area contributed by atoms with Crippen molar-refractivity contribution in [2.45, 2.75) is 63.7 Å². The molecule has 1 atom stereocenters. The summed E-state index contributed by atoms with van der Waals surface area (Å²) in [6.45, 7) is 2.17. The molecule has 13 heavy (non-hydrogen) atoms. The maximum atomic E-state index is 5.54. The van der Waals surface area contributed by atoms with Gasteiger partial charge in [-0.1, -0.05) is 19.3 Å². The van der Waals surface area contributed by atoms with Crippen LogP contribution in [0.15, 0.2) is 0 Å². The van der Waals surface area contributed by atoms with Crippen LogP contribution in [-0.2, 0) is 0 Å². The highest BCUT2D eigenvalue weighted by Gasteiger charge is 2.15. The first-order valence-electron chi connectivity index (χ1n) is 5.45. The highest BCUT2D eigenvalue weighted by atomic mass is 15.0. The van der Waals surface area contributed by atoms with Gasteiger partial charge in [0.15, 0.2) is 0 Å². The molecule has 1 aliphatic carbocycles. The summed E-state index contributed by atoms with van der Waals surface area (Å²) in [4.78, 5) is 0. The van der Waals surface area contributed by atoms with E-state index in [2.05, 4.69) is 12.2 Å². The zero-order valence-corrected chi connectivity index (χ0v) is 8.63. The standard InChI is InChI=1S/C10H23N3/c1-8(7-10(11)12)13-9-5-3-2-4-6-9/h8-10,13H,2-7,11-12H2,1H3. The molecular formula is C10H23N3. The first-order chi connectivity index (χ1) is 6.18. The lowest BCUT2D eigenvalue weighted by Gasteiger charge is -2.27. The Balaban J connectivity index is 2.14. The van der Waals surface area contributed by atoms with Gasteiger partial charge < -0.3 is 16.8 Å². The summed E-state index contributed by atoms with van der Waals surface area (Å²) in [6.07, 6.45) is 7.50. The Bertz CT molecular complexity index is 130. The topological polar surface area (TPSA) is 64.1 Å². The van der Waals surface area contributed by atoms with E-state index in [0.717, 1.165) is 6.42 Å². The molecule has 0 spiro atoms. The molecule has 78 valence electrons. The van der Waals surface area contributed by atoms with Gasteiger partial charge in [0.2, 0.25) is 0 Å². The minimum absolute atomic E-state index is 0.175. The van der Waals surface area contributed by atoms with E-state index in [1.54, 1.807) is 0 Å². The summed E-state index contributed by atoms with van der Waals surface area (Å²) in [5.41, 5.74) is 11.1. The van der Waals surface area contributed by atoms with E-state index in [1.165, 1.54) is 32.1 Å². The fourth-order valence-electron chi connectivity index (χ4n) is 2.15. The van der Waals surface area contributed by atoms with E-state index in [-0.39, 0.29) is 6.17 Å². The summed E-state index contributed by atoms with van der Waals surface area (Å²) in [7, 11) is 0. The van der Waals surface area contributed by atoms with Crippen LogP contribution < -0.4 is 16.8 Å². The maximum absolute atomic E-state index is 5.54. The Morgan fingerprint density at radius 1 is 1.23 bits per heavy atom. The Morgan fingerprint density at radius 2 is 1.85 bits per heavy atom. The lowest BCUT2D eigenvalue weighted by molar-refractivity contribution is 0.329. The predicted octanol–water partition coefficient (Wildman–Crippen LogP) is 0.931. The molecular weight excluding hydrogens is 162 g/mol. The Morgan fingerprint density at radius 3 is 2.38 bits per heavy atom. The lowest BCUT2D eigenvalue weighted by atomic mass is 9.94. The number of nitrogens with one attached hydrogen (secondary N) is 1. The molecule has 0 aliphatic heterocycles. The van der Waals surface area contributed by atoms with Gasteiger partial charge in [-0.15, -0.1) is 0 Å². The molecule has 0 amide bonds. The number of hydrogen-bond acceptors (Lipinski definition) is 3. The van der Waals surface area contributed by atoms with Crippen molar-refractivity contribution in [3.63, 3.8) is 0 Å². The zero-order valence-electron chi connectivity index (χ0n) is 8.63. The second kappa shape index (κ2) is 5.58. The molecule has 1 fully saturated rings. The molecule has 1 aliphatic rings. The second-order valence-electron chi connectivity index (χ2n) is 4.30. The van der Waals surface area contributed by atoms with Gasteiger partial charge in [0, 0.05) is 12.1 Å². The summed E-state index contributed by atoms with van der Waals surface area (Å²) >= 11 is 0. The van der Waals surface area contributed by atoms with E-state index in [0.29, 0.717) is 12.1 Å².